The van der Waals surface area contributed by atoms with Crippen molar-refractivity contribution in [3.8, 4) is 0 Å². The molecule has 1 aliphatic heterocycles. The summed E-state index contributed by atoms with van der Waals surface area (Å²) in [5, 5.41) is 11.9. The molecule has 1 spiro atoms. The minimum Gasteiger partial charge on any atom is -0.481 e. The monoisotopic (exact) mass is 364 g/mol. The number of likely N-dealkylation sites (tertiary alicyclic amines) is 1. The van der Waals surface area contributed by atoms with Crippen LogP contribution in [0.1, 0.15) is 32.6 Å². The Morgan fingerprint density at radius 3 is 2.44 bits per heavy atom. The highest BCUT2D eigenvalue weighted by atomic mass is 19.4. The third-order valence-electron chi connectivity index (χ3n) is 6.08. The van der Waals surface area contributed by atoms with Crippen molar-refractivity contribution >= 4 is 12.0 Å². The standard InChI is InChI=1S/C16H23F3N2O4/c1-2-25-12-6-11(15(12)4-3-5-15)20-14(24)21-7-9(13(22)23)10(8-21)16(17,18)19/h9-12H,2-8H2,1H3,(H,20,24)(H,22,23)/t9-,10-,11?,12?/m1/s1. The minimum atomic E-state index is -4.64. The molecular formula is C16H23F3N2O4. The Morgan fingerprint density at radius 2 is 2.00 bits per heavy atom. The highest BCUT2D eigenvalue weighted by Gasteiger charge is 2.60. The first-order chi connectivity index (χ1) is 11.7. The maximum atomic E-state index is 13.0. The predicted octanol–water partition coefficient (Wildman–Crippen LogP) is 2.24. The van der Waals surface area contributed by atoms with Gasteiger partial charge in [0.2, 0.25) is 0 Å². The van der Waals surface area contributed by atoms with E-state index in [1.807, 2.05) is 6.92 Å². The molecule has 2 aliphatic carbocycles. The van der Waals surface area contributed by atoms with Gasteiger partial charge in [0.1, 0.15) is 0 Å². The average Bonchev–Trinajstić information content (AvgIpc) is 2.89. The number of carboxylic acids is 1. The van der Waals surface area contributed by atoms with Gasteiger partial charge < -0.3 is 20.1 Å². The number of carbonyl (C=O) groups is 2. The second-order valence-electron chi connectivity index (χ2n) is 7.27. The molecule has 142 valence electrons. The van der Waals surface area contributed by atoms with E-state index >= 15 is 0 Å². The summed E-state index contributed by atoms with van der Waals surface area (Å²) in [7, 11) is 0. The lowest BCUT2D eigenvalue weighted by atomic mass is 9.51. The second kappa shape index (κ2) is 6.34. The quantitative estimate of drug-likeness (QED) is 0.802. The molecule has 4 atom stereocenters. The first-order valence-electron chi connectivity index (χ1n) is 8.65. The van der Waals surface area contributed by atoms with Crippen LogP contribution in [0.2, 0.25) is 0 Å². The maximum absolute atomic E-state index is 13.0. The van der Waals surface area contributed by atoms with Crippen LogP contribution in [0.3, 0.4) is 0 Å². The number of hydrogen-bond acceptors (Lipinski definition) is 3. The van der Waals surface area contributed by atoms with Gasteiger partial charge in [-0.2, -0.15) is 13.2 Å². The Bertz CT molecular complexity index is 550. The molecule has 2 saturated carbocycles. The van der Waals surface area contributed by atoms with Crippen molar-refractivity contribution in [3.05, 3.63) is 0 Å². The van der Waals surface area contributed by atoms with Crippen molar-refractivity contribution in [2.45, 2.75) is 50.9 Å². The number of alkyl halides is 3. The van der Waals surface area contributed by atoms with Gasteiger partial charge in [0.15, 0.2) is 0 Å². The number of rotatable bonds is 4. The van der Waals surface area contributed by atoms with Crippen molar-refractivity contribution in [2.24, 2.45) is 17.3 Å². The van der Waals surface area contributed by atoms with Crippen molar-refractivity contribution in [3.63, 3.8) is 0 Å². The van der Waals surface area contributed by atoms with E-state index in [-0.39, 0.29) is 17.6 Å². The summed E-state index contributed by atoms with van der Waals surface area (Å²) in [4.78, 5) is 24.5. The molecule has 1 saturated heterocycles. The van der Waals surface area contributed by atoms with Crippen molar-refractivity contribution < 1.29 is 32.6 Å². The van der Waals surface area contributed by atoms with E-state index < -0.39 is 43.1 Å². The van der Waals surface area contributed by atoms with Crippen LogP contribution in [0.5, 0.6) is 0 Å². The largest absolute Gasteiger partial charge is 0.481 e. The molecule has 2 N–H and O–H groups in total. The van der Waals surface area contributed by atoms with Gasteiger partial charge in [-0.3, -0.25) is 4.79 Å². The molecule has 0 aromatic carbocycles. The van der Waals surface area contributed by atoms with Gasteiger partial charge in [0.05, 0.1) is 17.9 Å². The molecule has 6 nitrogen and oxygen atoms in total. The van der Waals surface area contributed by atoms with Gasteiger partial charge in [-0.15, -0.1) is 0 Å². The number of halogens is 3. The normalized spacial score (nSPS) is 33.7. The van der Waals surface area contributed by atoms with Crippen molar-refractivity contribution in [2.75, 3.05) is 19.7 Å². The fourth-order valence-electron chi connectivity index (χ4n) is 4.43. The van der Waals surface area contributed by atoms with Crippen molar-refractivity contribution in [1.29, 1.82) is 0 Å². The van der Waals surface area contributed by atoms with E-state index in [1.54, 1.807) is 0 Å². The highest BCUT2D eigenvalue weighted by Crippen LogP contribution is 2.57. The van der Waals surface area contributed by atoms with Gasteiger partial charge >= 0.3 is 18.2 Å². The lowest BCUT2D eigenvalue weighted by Crippen LogP contribution is -2.68. The average molecular weight is 364 g/mol. The lowest BCUT2D eigenvalue weighted by molar-refractivity contribution is -0.188. The molecule has 0 bridgehead atoms. The third kappa shape index (κ3) is 3.07. The Morgan fingerprint density at radius 1 is 1.32 bits per heavy atom. The summed E-state index contributed by atoms with van der Waals surface area (Å²) in [6, 6.07) is -0.720. The third-order valence-corrected chi connectivity index (χ3v) is 6.08. The first-order valence-corrected chi connectivity index (χ1v) is 8.65. The number of ether oxygens (including phenoxy) is 1. The summed E-state index contributed by atoms with van der Waals surface area (Å²) in [5.74, 6) is -5.15. The van der Waals surface area contributed by atoms with E-state index in [0.717, 1.165) is 24.2 Å². The molecule has 25 heavy (non-hydrogen) atoms. The van der Waals surface area contributed by atoms with Crippen LogP contribution in [0, 0.1) is 17.3 Å². The van der Waals surface area contributed by atoms with Gasteiger partial charge in [-0.05, 0) is 26.2 Å². The first kappa shape index (κ1) is 18.3. The lowest BCUT2D eigenvalue weighted by Gasteiger charge is -2.61. The Labute approximate surface area is 143 Å². The van der Waals surface area contributed by atoms with Crippen LogP contribution in [0.25, 0.3) is 0 Å². The molecule has 0 radical (unpaired) electrons. The molecule has 0 aromatic rings. The summed E-state index contributed by atoms with van der Waals surface area (Å²) < 4.78 is 44.8. The summed E-state index contributed by atoms with van der Waals surface area (Å²) in [6.45, 7) is 1.47. The number of nitrogens with zero attached hydrogens (tertiary/aromatic N) is 1. The number of amides is 2. The fourth-order valence-corrected chi connectivity index (χ4v) is 4.43. The zero-order chi connectivity index (χ0) is 18.4. The molecule has 9 heteroatoms. The molecule has 3 rings (SSSR count). The van der Waals surface area contributed by atoms with Crippen LogP contribution in [0.4, 0.5) is 18.0 Å². The van der Waals surface area contributed by atoms with Crippen LogP contribution in [0.15, 0.2) is 0 Å². The van der Waals surface area contributed by atoms with E-state index in [4.69, 9.17) is 9.84 Å². The summed E-state index contributed by atoms with van der Waals surface area (Å²) in [5.41, 5.74) is -0.0962. The minimum absolute atomic E-state index is 0.0878. The molecule has 3 fully saturated rings. The number of hydrogen-bond donors (Lipinski definition) is 2. The Kier molecular flexibility index (Phi) is 4.63. The predicted molar refractivity (Wildman–Crippen MR) is 80.9 cm³/mol. The van der Waals surface area contributed by atoms with Crippen molar-refractivity contribution in [1.82, 2.24) is 10.2 Å². The number of carboxylic acid groups (broad SMARTS) is 1. The van der Waals surface area contributed by atoms with Gasteiger partial charge in [-0.1, -0.05) is 6.42 Å². The Hall–Kier alpha value is -1.51. The van der Waals surface area contributed by atoms with Crippen LogP contribution in [-0.4, -0.2) is 60.0 Å². The maximum Gasteiger partial charge on any atom is 0.394 e. The topological polar surface area (TPSA) is 78.9 Å². The zero-order valence-electron chi connectivity index (χ0n) is 14.0. The van der Waals surface area contributed by atoms with E-state index in [9.17, 15) is 22.8 Å². The number of nitrogens with one attached hydrogen (secondary N) is 1. The van der Waals surface area contributed by atoms with Gasteiger partial charge in [0, 0.05) is 31.2 Å². The molecule has 2 amide bonds. The Balaban J connectivity index is 1.62. The molecule has 0 aromatic heterocycles. The van der Waals surface area contributed by atoms with Gasteiger partial charge in [0.25, 0.3) is 0 Å². The fraction of sp³-hybridized carbons (Fsp3) is 0.875. The van der Waals surface area contributed by atoms with E-state index in [0.29, 0.717) is 13.0 Å². The molecule has 1 heterocycles. The van der Waals surface area contributed by atoms with Gasteiger partial charge in [-0.25, -0.2) is 4.79 Å². The zero-order valence-corrected chi connectivity index (χ0v) is 14.0. The van der Waals surface area contributed by atoms with E-state index in [1.165, 1.54) is 0 Å². The molecular weight excluding hydrogens is 341 g/mol. The number of carbonyl (C=O) groups excluding carboxylic acids is 1. The van der Waals surface area contributed by atoms with Crippen LogP contribution in [-0.2, 0) is 9.53 Å². The summed E-state index contributed by atoms with van der Waals surface area (Å²) >= 11 is 0. The van der Waals surface area contributed by atoms with Crippen LogP contribution >= 0.6 is 0 Å². The highest BCUT2D eigenvalue weighted by molar-refractivity contribution is 5.78. The SMILES string of the molecule is CCOC1CC(NC(=O)N2C[C@@H](C(F)(F)F)[C@H](C(=O)O)C2)C12CCC2. The van der Waals surface area contributed by atoms with Crippen LogP contribution < -0.4 is 5.32 Å². The molecule has 2 unspecified atom stereocenters. The second-order valence-corrected chi connectivity index (χ2v) is 7.27. The summed E-state index contributed by atoms with van der Waals surface area (Å²) in [6.07, 6.45) is -0.971. The smallest absolute Gasteiger partial charge is 0.394 e. The number of urea groups is 1. The molecule has 3 aliphatic rings. The number of aliphatic carboxylic acids is 1. The van der Waals surface area contributed by atoms with E-state index in [2.05, 4.69) is 5.32 Å².